The number of aliphatic hydroxyl groups excluding tert-OH is 4. The van der Waals surface area contributed by atoms with Crippen molar-refractivity contribution in [3.63, 3.8) is 0 Å². The van der Waals surface area contributed by atoms with Crippen molar-refractivity contribution >= 4 is 73.6 Å². The van der Waals surface area contributed by atoms with Crippen LogP contribution >= 0.6 is 0 Å². The quantitative estimate of drug-likeness (QED) is 0.0334. The first kappa shape index (κ1) is 220. The summed E-state index contributed by atoms with van der Waals surface area (Å²) in [6.45, 7) is 25.8. The number of carbonyl (C=O) groups is 12. The summed E-state index contributed by atoms with van der Waals surface area (Å²) < 4.78 is 0. The van der Waals surface area contributed by atoms with E-state index in [1.54, 1.807) is 0 Å². The normalized spacial score (nSPS) is 7.27. The zero-order valence-electron chi connectivity index (χ0n) is 73.2. The van der Waals surface area contributed by atoms with Crippen molar-refractivity contribution in [1.29, 1.82) is 0 Å². The first-order chi connectivity index (χ1) is 53.2. The van der Waals surface area contributed by atoms with Gasteiger partial charge < -0.3 is 220 Å². The standard InChI is InChI=1S/4C8H17NO2.8C3H6O2.4CH2O2.4CH4O.4CH3O.4Mn.4Sm/c4*1-2-3-4-9(5-7-10)6-8-11;8*1-2-3(4)5;4*2-1-3;8*1-2;;;;;;;;/h4*2-8H2,1H3;8*2H2,1H3,(H,4,5);4*1H,(H,2,3);4*2H,1H3;4*1H3;;;;;;;;/q4*-2;;;;;;;;;;;;;;;;;4*-1;8*+3/p-12. The van der Waals surface area contributed by atoms with E-state index in [1.807, 2.05) is 19.6 Å². The monoisotopic (exact) mass is 2480 g/mol. The molecule has 0 atom stereocenters. The van der Waals surface area contributed by atoms with Gasteiger partial charge in [-0.15, -0.1) is 52.9 Å². The number of aliphatic hydroxyl groups is 4. The van der Waals surface area contributed by atoms with Crippen molar-refractivity contribution < 1.29 is 430 Å². The number of carboxylic acids is 8. The van der Waals surface area contributed by atoms with E-state index in [-0.39, 0.29) is 334 Å². The molecule has 120 heavy (non-hydrogen) atoms. The second-order valence-electron chi connectivity index (χ2n) is 16.6. The molecule has 0 fully saturated rings. The van der Waals surface area contributed by atoms with Gasteiger partial charge in [-0.3, -0.25) is 0 Å². The van der Waals surface area contributed by atoms with Crippen molar-refractivity contribution in [1.82, 2.24) is 19.6 Å². The maximum Gasteiger partial charge on any atom is 3.00 e. The Kier molecular flexibility index (Phi) is 525. The third-order valence-electron chi connectivity index (χ3n) is 8.88. The molecule has 0 aliphatic rings. The predicted molar refractivity (Wildman–Crippen MR) is 367 cm³/mol. The number of carboxylic acid groups (broad SMARTS) is 12. The average molecular weight is 2480 g/mol. The Bertz CT molecular complexity index is 1300. The minimum absolute atomic E-state index is 0. The molecule has 44 nitrogen and oxygen atoms in total. The first-order valence-electron chi connectivity index (χ1n) is 34.0. The minimum Gasteiger partial charge on any atom is -0.857 e. The number of carbonyl (C=O) groups excluding carboxylic acids is 12. The number of aliphatic carboxylic acids is 8. The predicted octanol–water partition coefficient (Wildman–Crippen LogP) is -23.8. The van der Waals surface area contributed by atoms with Gasteiger partial charge in [-0.05, 0) is 156 Å². The molecule has 0 aliphatic heterocycles. The molecule has 0 rings (SSSR count). The average Bonchev–Trinajstić information content (AvgIpc) is 1.05. The molecule has 0 bridgehead atoms. The van der Waals surface area contributed by atoms with Gasteiger partial charge in [-0.2, -0.15) is 28.4 Å². The van der Waals surface area contributed by atoms with Crippen LogP contribution < -0.4 is 123 Å². The molecule has 0 aliphatic carbocycles. The van der Waals surface area contributed by atoms with Gasteiger partial charge in [0.15, 0.2) is 0 Å². The molecular formula is C68H140Mn4N4O40Sm4. The van der Waals surface area contributed by atoms with Crippen molar-refractivity contribution in [3.05, 3.63) is 0 Å². The SMILES string of the molecule is CCC(=O)[O-].CCC(=O)[O-].CCC(=O)[O-].CCC(=O)[O-].CCC(=O)[O-].CCC(=O)[O-].CCC(=O)[O-].CCC(=O)[O-].CCCCN(CC[O-])CC[O-].CCCCN(CC[O-])CC[O-].CCCCN(CC[O-])CC[O-].CCCCN(CC[O-])CC[O-].CO.CO.CO.CO.C[O-].C[O-].C[O-].C[O-].O=C[O-].O=C[O-].O=C[O-].O=C[O-].[Mn+3].[Mn+3].[Mn+3].[Mn+3].[Sm+3].[Sm+3].[Sm+3].[Sm+3]. The molecule has 0 spiro atoms. The van der Waals surface area contributed by atoms with Crippen LogP contribution in [0, 0.1) is 162 Å². The van der Waals surface area contributed by atoms with Crippen molar-refractivity contribution in [2.45, 2.75) is 186 Å². The smallest absolute Gasteiger partial charge is 0.857 e. The van der Waals surface area contributed by atoms with Gasteiger partial charge in [0.1, 0.15) is 0 Å². The van der Waals surface area contributed by atoms with Crippen LogP contribution in [0.5, 0.6) is 0 Å². The van der Waals surface area contributed by atoms with Gasteiger partial charge in [0.25, 0.3) is 0 Å². The fourth-order valence-electron chi connectivity index (χ4n) is 3.90. The third-order valence-corrected chi connectivity index (χ3v) is 8.88. The number of unbranched alkanes of at least 4 members (excludes halogenated alkanes) is 4. The summed E-state index contributed by atoms with van der Waals surface area (Å²) in [6.07, 6.45) is 9.70. The number of rotatable bonds is 36. The van der Waals surface area contributed by atoms with E-state index >= 15 is 0 Å². The topological polar surface area (TPSA) is 852 Å². The van der Waals surface area contributed by atoms with Crippen molar-refractivity contribution in [2.75, 3.05) is 188 Å². The Hall–Kier alpha value is 0.269. The van der Waals surface area contributed by atoms with Crippen LogP contribution in [-0.4, -0.2) is 302 Å². The fourth-order valence-corrected chi connectivity index (χ4v) is 3.90. The molecule has 0 amide bonds. The van der Waals surface area contributed by atoms with E-state index in [1.165, 1.54) is 55.4 Å². The maximum absolute atomic E-state index is 10.2. The number of hydrogen-bond donors (Lipinski definition) is 4. The molecule has 0 saturated heterocycles. The summed E-state index contributed by atoms with van der Waals surface area (Å²) >= 11 is 0. The van der Waals surface area contributed by atoms with Crippen LogP contribution in [0.4, 0.5) is 0 Å². The Morgan fingerprint density at radius 1 is 0.217 bits per heavy atom. The van der Waals surface area contributed by atoms with Gasteiger partial charge in [0.2, 0.25) is 0 Å². The Balaban J connectivity index is -0.0000000229. The van der Waals surface area contributed by atoms with Crippen molar-refractivity contribution in [3.8, 4) is 0 Å². The third kappa shape index (κ3) is 514. The zero-order chi connectivity index (χ0) is 95.2. The van der Waals surface area contributed by atoms with Crippen LogP contribution in [0.3, 0.4) is 0 Å². The Labute approximate surface area is 886 Å². The van der Waals surface area contributed by atoms with E-state index in [0.29, 0.717) is 52.4 Å². The zero-order valence-corrected chi connectivity index (χ0v) is 88.4. The minimum atomic E-state index is -0.995. The summed E-state index contributed by atoms with van der Waals surface area (Å²) in [5, 5.41) is 250. The summed E-state index contributed by atoms with van der Waals surface area (Å²) in [7, 11) is 7.00. The van der Waals surface area contributed by atoms with Crippen LogP contribution in [0.2, 0.25) is 0 Å². The largest absolute Gasteiger partial charge is 3.00 e. The van der Waals surface area contributed by atoms with E-state index in [9.17, 15) is 120 Å². The van der Waals surface area contributed by atoms with Crippen LogP contribution in [-0.2, 0) is 126 Å². The van der Waals surface area contributed by atoms with Gasteiger partial charge in [-0.25, -0.2) is 0 Å². The molecule has 0 aromatic heterocycles. The van der Waals surface area contributed by atoms with Crippen LogP contribution in [0.15, 0.2) is 0 Å². The molecule has 0 aromatic carbocycles. The first-order valence-corrected chi connectivity index (χ1v) is 34.0. The van der Waals surface area contributed by atoms with Gasteiger partial charge >= 0.3 is 230 Å². The van der Waals surface area contributed by atoms with Crippen LogP contribution in [0.25, 0.3) is 0 Å². The van der Waals surface area contributed by atoms with E-state index in [4.69, 9.17) is 80.5 Å². The summed E-state index contributed by atoms with van der Waals surface area (Å²) in [4.78, 5) is 115. The van der Waals surface area contributed by atoms with Gasteiger partial charge in [0.05, 0.1) is 0 Å². The molecule has 0 saturated carbocycles. The molecule has 0 heterocycles. The summed E-state index contributed by atoms with van der Waals surface area (Å²) in [5.41, 5.74) is 0. The van der Waals surface area contributed by atoms with E-state index < -0.39 is 73.6 Å². The van der Waals surface area contributed by atoms with Gasteiger partial charge in [-0.1, -0.05) is 109 Å². The summed E-state index contributed by atoms with van der Waals surface area (Å²) in [6, 6.07) is 0. The number of nitrogens with zero attached hydrogens (tertiary/aromatic N) is 4. The number of hydrogen-bond acceptors (Lipinski definition) is 44. The van der Waals surface area contributed by atoms with Crippen LogP contribution in [0.1, 0.15) is 186 Å². The van der Waals surface area contributed by atoms with E-state index in [2.05, 4.69) is 27.7 Å². The molecule has 52 heteroatoms. The fraction of sp³-hybridized carbons (Fsp3) is 0.824. The molecule has 0 aromatic rings. The molecule has 4 radical (unpaired) electrons. The van der Waals surface area contributed by atoms with E-state index in [0.717, 1.165) is 134 Å². The molecular weight excluding hydrogens is 2330 g/mol. The summed E-state index contributed by atoms with van der Waals surface area (Å²) in [5.74, 6) is -7.96. The second-order valence-corrected chi connectivity index (χ2v) is 16.6. The molecule has 724 valence electrons. The Morgan fingerprint density at radius 3 is 0.308 bits per heavy atom. The molecule has 4 N–H and O–H groups in total. The van der Waals surface area contributed by atoms with Gasteiger partial charge in [0, 0.05) is 102 Å². The maximum atomic E-state index is 10.2. The van der Waals surface area contributed by atoms with Crippen molar-refractivity contribution in [2.24, 2.45) is 0 Å². The molecule has 0 unspecified atom stereocenters. The Morgan fingerprint density at radius 2 is 0.275 bits per heavy atom. The second kappa shape index (κ2) is 287.